The van der Waals surface area contributed by atoms with E-state index >= 15 is 0 Å². The van der Waals surface area contributed by atoms with Gasteiger partial charge in [-0.3, -0.25) is 9.69 Å². The number of rotatable bonds is 9. The second-order valence-electron chi connectivity index (χ2n) is 11.4. The fourth-order valence-electron chi connectivity index (χ4n) is 6.77. The van der Waals surface area contributed by atoms with Crippen LogP contribution in [0, 0.1) is 5.92 Å². The van der Waals surface area contributed by atoms with Crippen LogP contribution < -0.4 is 4.74 Å². The fourth-order valence-corrected chi connectivity index (χ4v) is 6.77. The van der Waals surface area contributed by atoms with Crippen LogP contribution in [0.2, 0.25) is 0 Å². The van der Waals surface area contributed by atoms with Crippen molar-refractivity contribution < 1.29 is 19.1 Å². The van der Waals surface area contributed by atoms with Crippen molar-refractivity contribution in [2.75, 3.05) is 40.9 Å². The second kappa shape index (κ2) is 11.0. The van der Waals surface area contributed by atoms with Crippen molar-refractivity contribution in [3.05, 3.63) is 65.7 Å². The van der Waals surface area contributed by atoms with Crippen molar-refractivity contribution in [3.8, 4) is 5.75 Å². The van der Waals surface area contributed by atoms with Gasteiger partial charge < -0.3 is 19.3 Å². The maximum absolute atomic E-state index is 13.9. The van der Waals surface area contributed by atoms with Gasteiger partial charge in [-0.25, -0.2) is 4.79 Å². The number of methoxy groups -OCH3 is 2. The molecule has 7 nitrogen and oxygen atoms in total. The Morgan fingerprint density at radius 2 is 1.68 bits per heavy atom. The van der Waals surface area contributed by atoms with Gasteiger partial charge in [-0.1, -0.05) is 48.9 Å². The van der Waals surface area contributed by atoms with Gasteiger partial charge >= 0.3 is 12.0 Å². The minimum absolute atomic E-state index is 0.169. The van der Waals surface area contributed by atoms with E-state index in [0.29, 0.717) is 12.5 Å². The van der Waals surface area contributed by atoms with Gasteiger partial charge in [-0.15, -0.1) is 0 Å². The lowest BCUT2D eigenvalue weighted by molar-refractivity contribution is -0.144. The summed E-state index contributed by atoms with van der Waals surface area (Å²) in [6.45, 7) is 2.45. The Hall–Kier alpha value is -3.06. The summed E-state index contributed by atoms with van der Waals surface area (Å²) in [5.74, 6) is 1.21. The zero-order chi connectivity index (χ0) is 26.8. The largest absolute Gasteiger partial charge is 0.497 e. The highest BCUT2D eigenvalue weighted by atomic mass is 16.5. The monoisotopic (exact) mass is 519 g/mol. The number of carbonyl (C=O) groups excluding carboxylic acids is 2. The summed E-state index contributed by atoms with van der Waals surface area (Å²) in [6.07, 6.45) is 7.29. The molecule has 0 bridgehead atoms. The number of ether oxygens (including phenoxy) is 2. The number of likely N-dealkylation sites (N-methyl/N-ethyl adjacent to an activating group) is 1. The summed E-state index contributed by atoms with van der Waals surface area (Å²) in [7, 11) is 5.15. The van der Waals surface area contributed by atoms with Gasteiger partial charge in [-0.2, -0.15) is 0 Å². The first-order chi connectivity index (χ1) is 18.4. The summed E-state index contributed by atoms with van der Waals surface area (Å²) in [5, 5.41) is 0. The van der Waals surface area contributed by atoms with Crippen LogP contribution in [0.3, 0.4) is 0 Å². The zero-order valence-corrected chi connectivity index (χ0v) is 23.0. The topological polar surface area (TPSA) is 62.3 Å². The van der Waals surface area contributed by atoms with Crippen LogP contribution in [-0.2, 0) is 21.6 Å². The molecule has 0 atom stereocenters. The fraction of sp³-hybridized carbons (Fsp3) is 0.548. The molecule has 3 fully saturated rings. The summed E-state index contributed by atoms with van der Waals surface area (Å²) >= 11 is 0. The van der Waals surface area contributed by atoms with E-state index in [4.69, 9.17) is 9.47 Å². The highest BCUT2D eigenvalue weighted by Crippen LogP contribution is 2.50. The van der Waals surface area contributed by atoms with E-state index in [-0.39, 0.29) is 29.6 Å². The molecule has 7 heteroatoms. The van der Waals surface area contributed by atoms with Crippen molar-refractivity contribution in [1.82, 2.24) is 14.7 Å². The molecular weight excluding hydrogens is 478 g/mol. The van der Waals surface area contributed by atoms with Crippen LogP contribution in [0.4, 0.5) is 4.79 Å². The SMILES string of the molecule is COC(=O)CN(C)[C@]1(c2ccccc2)CC[C@]2(CC1)CN(Cc1ccc(OC)cc1)C(=O)N2CC1CCC1. The molecule has 0 aromatic heterocycles. The molecule has 1 heterocycles. The normalized spacial score (nSPS) is 25.6. The van der Waals surface area contributed by atoms with Crippen LogP contribution in [0.1, 0.15) is 56.1 Å². The molecule has 2 aliphatic carbocycles. The van der Waals surface area contributed by atoms with Crippen molar-refractivity contribution in [2.45, 2.75) is 62.6 Å². The maximum atomic E-state index is 13.9. The van der Waals surface area contributed by atoms with E-state index < -0.39 is 0 Å². The Kier molecular flexibility index (Phi) is 7.66. The lowest BCUT2D eigenvalue weighted by atomic mass is 9.67. The van der Waals surface area contributed by atoms with E-state index in [9.17, 15) is 9.59 Å². The molecule has 2 saturated carbocycles. The smallest absolute Gasteiger partial charge is 0.320 e. The van der Waals surface area contributed by atoms with E-state index in [1.54, 1.807) is 7.11 Å². The number of carbonyl (C=O) groups is 2. The predicted octanol–water partition coefficient (Wildman–Crippen LogP) is 5.05. The number of hydrogen-bond donors (Lipinski definition) is 0. The summed E-state index contributed by atoms with van der Waals surface area (Å²) in [5.41, 5.74) is 1.90. The number of hydrogen-bond acceptors (Lipinski definition) is 5. The zero-order valence-electron chi connectivity index (χ0n) is 23.0. The van der Waals surface area contributed by atoms with E-state index in [1.807, 2.05) is 30.1 Å². The molecule has 0 radical (unpaired) electrons. The lowest BCUT2D eigenvalue weighted by Gasteiger charge is -2.52. The van der Waals surface area contributed by atoms with Crippen LogP contribution in [-0.4, -0.2) is 73.1 Å². The molecule has 5 rings (SSSR count). The van der Waals surface area contributed by atoms with Crippen LogP contribution in [0.5, 0.6) is 5.75 Å². The van der Waals surface area contributed by atoms with Crippen molar-refractivity contribution in [1.29, 1.82) is 0 Å². The Morgan fingerprint density at radius 1 is 1.00 bits per heavy atom. The first-order valence-corrected chi connectivity index (χ1v) is 13.9. The molecule has 0 unspecified atom stereocenters. The molecule has 3 aliphatic rings. The van der Waals surface area contributed by atoms with Gasteiger partial charge in [-0.05, 0) is 74.8 Å². The third-order valence-electron chi connectivity index (χ3n) is 9.40. The molecule has 2 amide bonds. The standard InChI is InChI=1S/C31H41N3O4/c1-32(22-28(35)38-3)31(26-10-5-4-6-11-26)18-16-30(17-19-31)23-33(20-25-12-14-27(37-2)15-13-25)29(36)34(30)21-24-8-7-9-24/h4-6,10-15,24H,7-9,16-23H2,1-3H3/t30-,31+. The van der Waals surface area contributed by atoms with Gasteiger partial charge in [0.05, 0.1) is 26.3 Å². The molecule has 1 saturated heterocycles. The average Bonchev–Trinajstić information content (AvgIpc) is 3.17. The van der Waals surface area contributed by atoms with E-state index in [1.165, 1.54) is 31.9 Å². The summed E-state index contributed by atoms with van der Waals surface area (Å²) < 4.78 is 10.3. The first kappa shape index (κ1) is 26.5. The molecule has 204 valence electrons. The Labute approximate surface area is 226 Å². The Balaban J connectivity index is 1.40. The van der Waals surface area contributed by atoms with Gasteiger partial charge in [0.2, 0.25) is 0 Å². The minimum atomic E-state index is -0.269. The molecule has 1 aliphatic heterocycles. The predicted molar refractivity (Wildman–Crippen MR) is 147 cm³/mol. The van der Waals surface area contributed by atoms with Crippen LogP contribution >= 0.6 is 0 Å². The maximum Gasteiger partial charge on any atom is 0.320 e. The van der Waals surface area contributed by atoms with Gasteiger partial charge in [0, 0.05) is 25.2 Å². The van der Waals surface area contributed by atoms with E-state index in [2.05, 4.69) is 46.2 Å². The Morgan fingerprint density at radius 3 is 2.26 bits per heavy atom. The summed E-state index contributed by atoms with van der Waals surface area (Å²) in [6, 6.07) is 18.7. The highest BCUT2D eigenvalue weighted by Gasteiger charge is 2.55. The van der Waals surface area contributed by atoms with Crippen LogP contribution in [0.15, 0.2) is 54.6 Å². The summed E-state index contributed by atoms with van der Waals surface area (Å²) in [4.78, 5) is 32.6. The van der Waals surface area contributed by atoms with E-state index in [0.717, 1.165) is 50.1 Å². The third kappa shape index (κ3) is 5.00. The Bertz CT molecular complexity index is 1110. The van der Waals surface area contributed by atoms with Crippen molar-refractivity contribution in [2.24, 2.45) is 5.92 Å². The molecule has 0 N–H and O–H groups in total. The third-order valence-corrected chi connectivity index (χ3v) is 9.40. The molecular formula is C31H41N3O4. The van der Waals surface area contributed by atoms with Crippen molar-refractivity contribution >= 4 is 12.0 Å². The average molecular weight is 520 g/mol. The molecule has 2 aromatic carbocycles. The van der Waals surface area contributed by atoms with Gasteiger partial charge in [0.1, 0.15) is 5.75 Å². The number of benzene rings is 2. The molecule has 2 aromatic rings. The highest BCUT2D eigenvalue weighted by molar-refractivity contribution is 5.78. The first-order valence-electron chi connectivity index (χ1n) is 13.9. The molecule has 1 spiro atoms. The molecule has 38 heavy (non-hydrogen) atoms. The number of nitrogens with zero attached hydrogens (tertiary/aromatic N) is 3. The minimum Gasteiger partial charge on any atom is -0.497 e. The van der Waals surface area contributed by atoms with Gasteiger partial charge in [0.15, 0.2) is 0 Å². The second-order valence-corrected chi connectivity index (χ2v) is 11.4. The number of esters is 1. The number of amides is 2. The van der Waals surface area contributed by atoms with Crippen LogP contribution in [0.25, 0.3) is 0 Å². The number of urea groups is 1. The lowest BCUT2D eigenvalue weighted by Crippen LogP contribution is -2.57. The van der Waals surface area contributed by atoms with Gasteiger partial charge in [0.25, 0.3) is 0 Å². The van der Waals surface area contributed by atoms with Crippen molar-refractivity contribution in [3.63, 3.8) is 0 Å². The quantitative estimate of drug-likeness (QED) is 0.434.